The van der Waals surface area contributed by atoms with Gasteiger partial charge in [-0.05, 0) is 47.5 Å². The Kier molecular flexibility index (Phi) is 6.97. The van der Waals surface area contributed by atoms with Gasteiger partial charge in [-0.3, -0.25) is 4.79 Å². The van der Waals surface area contributed by atoms with Crippen molar-refractivity contribution < 1.29 is 14.3 Å². The van der Waals surface area contributed by atoms with Crippen molar-refractivity contribution in [2.45, 2.75) is 82.0 Å². The van der Waals surface area contributed by atoms with Gasteiger partial charge in [0.2, 0.25) is 0 Å². The number of methoxy groups -OCH3 is 1. The number of rotatable bonds is 8. The zero-order valence-electron chi connectivity index (χ0n) is 13.6. The highest BCUT2D eigenvalue weighted by atomic mass is 127. The highest BCUT2D eigenvalue weighted by Crippen LogP contribution is 2.38. The summed E-state index contributed by atoms with van der Waals surface area (Å²) >= 11 is 2.38. The number of hydrogen-bond donors (Lipinski definition) is 0. The van der Waals surface area contributed by atoms with Crippen LogP contribution in [0, 0.1) is 0 Å². The molecule has 0 amide bonds. The fourth-order valence-corrected chi connectivity index (χ4v) is 2.45. The average Bonchev–Trinajstić information content (AvgIpc) is 2.35. The first-order chi connectivity index (χ1) is 8.47. The first-order valence-corrected chi connectivity index (χ1v) is 8.01. The lowest BCUT2D eigenvalue weighted by Gasteiger charge is -2.42. The van der Waals surface area contributed by atoms with Crippen molar-refractivity contribution in [2.75, 3.05) is 7.11 Å². The van der Waals surface area contributed by atoms with Crippen LogP contribution in [0.5, 0.6) is 0 Å². The van der Waals surface area contributed by atoms with Crippen molar-refractivity contribution in [3.63, 3.8) is 0 Å². The molecule has 4 heteroatoms. The van der Waals surface area contributed by atoms with Crippen LogP contribution in [-0.2, 0) is 14.3 Å². The quantitative estimate of drug-likeness (QED) is 0.466. The molecule has 3 atom stereocenters. The van der Waals surface area contributed by atoms with Gasteiger partial charge in [0.1, 0.15) is 11.7 Å². The summed E-state index contributed by atoms with van der Waals surface area (Å²) in [6.45, 7) is 14.0. The van der Waals surface area contributed by atoms with Crippen molar-refractivity contribution in [2.24, 2.45) is 0 Å². The Bertz CT molecular complexity index is 305. The molecule has 0 spiro atoms. The third-order valence-electron chi connectivity index (χ3n) is 4.38. The van der Waals surface area contributed by atoms with Gasteiger partial charge >= 0.3 is 0 Å². The molecule has 0 fully saturated rings. The minimum absolute atomic E-state index is 0.0119. The summed E-state index contributed by atoms with van der Waals surface area (Å²) in [7, 11) is 1.58. The number of Topliss-reactive ketones (excluding diaryl/α,β-unsaturated/α-hetero) is 1. The Morgan fingerprint density at radius 3 is 1.89 bits per heavy atom. The molecule has 0 rings (SSSR count). The van der Waals surface area contributed by atoms with E-state index < -0.39 is 11.7 Å². The van der Waals surface area contributed by atoms with Crippen LogP contribution in [0.3, 0.4) is 0 Å². The van der Waals surface area contributed by atoms with Crippen LogP contribution in [0.15, 0.2) is 0 Å². The lowest BCUT2D eigenvalue weighted by atomic mass is 9.88. The van der Waals surface area contributed by atoms with Crippen LogP contribution < -0.4 is 0 Å². The van der Waals surface area contributed by atoms with Crippen molar-refractivity contribution >= 4 is 28.4 Å². The van der Waals surface area contributed by atoms with Crippen molar-refractivity contribution in [3.05, 3.63) is 0 Å². The summed E-state index contributed by atoms with van der Waals surface area (Å²) in [5.74, 6) is 0.0119. The molecule has 0 aromatic heterocycles. The van der Waals surface area contributed by atoms with Crippen LogP contribution in [0.1, 0.15) is 61.3 Å². The van der Waals surface area contributed by atoms with Gasteiger partial charge in [0.25, 0.3) is 0 Å². The number of ether oxygens (including phenoxy) is 2. The number of hydrogen-bond acceptors (Lipinski definition) is 3. The molecule has 3 nitrogen and oxygen atoms in total. The van der Waals surface area contributed by atoms with Crippen molar-refractivity contribution in [3.8, 4) is 0 Å². The molecule has 0 radical (unpaired) electrons. The minimum Gasteiger partial charge on any atom is -0.371 e. The maximum absolute atomic E-state index is 12.5. The summed E-state index contributed by atoms with van der Waals surface area (Å²) < 4.78 is 11.4. The monoisotopic (exact) mass is 384 g/mol. The van der Waals surface area contributed by atoms with E-state index in [1.54, 1.807) is 7.11 Å². The summed E-state index contributed by atoms with van der Waals surface area (Å²) in [4.78, 5) is 12.5. The first-order valence-electron chi connectivity index (χ1n) is 6.93. The summed E-state index contributed by atoms with van der Waals surface area (Å²) in [6.07, 6.45) is 1.03. The van der Waals surface area contributed by atoms with Gasteiger partial charge in [0.05, 0.1) is 5.60 Å². The summed E-state index contributed by atoms with van der Waals surface area (Å²) in [6, 6.07) is 0. The third-order valence-corrected chi connectivity index (χ3v) is 5.53. The SMILES string of the molecule is CCC(C)(OC)C(=O)C(C)OC(C)(CC)C(C)(C)I. The molecule has 19 heavy (non-hydrogen) atoms. The molecule has 0 saturated carbocycles. The number of alkyl halides is 1. The zero-order chi connectivity index (χ0) is 15.5. The van der Waals surface area contributed by atoms with Gasteiger partial charge < -0.3 is 9.47 Å². The zero-order valence-corrected chi connectivity index (χ0v) is 15.8. The number of carbonyl (C=O) groups is 1. The number of ketones is 1. The number of halogens is 1. The van der Waals surface area contributed by atoms with Gasteiger partial charge in [-0.15, -0.1) is 0 Å². The minimum atomic E-state index is -0.760. The molecule has 0 aliphatic heterocycles. The third kappa shape index (κ3) is 4.39. The van der Waals surface area contributed by atoms with E-state index in [-0.39, 0.29) is 14.8 Å². The maximum atomic E-state index is 12.5. The van der Waals surface area contributed by atoms with Gasteiger partial charge in [0.15, 0.2) is 5.78 Å². The molecule has 0 heterocycles. The average molecular weight is 384 g/mol. The van der Waals surface area contributed by atoms with Gasteiger partial charge in [0, 0.05) is 10.5 Å². The lowest BCUT2D eigenvalue weighted by molar-refractivity contribution is -0.163. The van der Waals surface area contributed by atoms with Crippen LogP contribution in [0.25, 0.3) is 0 Å². The second-order valence-corrected chi connectivity index (χ2v) is 8.67. The van der Waals surface area contributed by atoms with E-state index in [1.807, 2.05) is 20.8 Å². The Labute approximate surface area is 131 Å². The summed E-state index contributed by atoms with van der Waals surface area (Å²) in [5, 5.41) is 0. The van der Waals surface area contributed by atoms with E-state index in [9.17, 15) is 4.79 Å². The molecule has 0 aliphatic carbocycles. The highest BCUT2D eigenvalue weighted by Gasteiger charge is 2.43. The molecular weight excluding hydrogens is 355 g/mol. The predicted octanol–water partition coefficient (Wildman–Crippen LogP) is 4.16. The van der Waals surface area contributed by atoms with E-state index in [0.29, 0.717) is 6.42 Å². The summed E-state index contributed by atoms with van der Waals surface area (Å²) in [5.41, 5.74) is -1.10. The van der Waals surface area contributed by atoms with Crippen LogP contribution in [-0.4, -0.2) is 33.6 Å². The lowest BCUT2D eigenvalue weighted by Crippen LogP contribution is -2.52. The second kappa shape index (κ2) is 6.85. The standard InChI is InChI=1S/C15H29IO3/c1-9-14(6,18-8)12(17)11(3)19-15(7,10-2)13(4,5)16/h11H,9-10H2,1-8H3. The molecule has 0 saturated heterocycles. The molecule has 0 N–H and O–H groups in total. The topological polar surface area (TPSA) is 35.5 Å². The second-order valence-electron chi connectivity index (χ2n) is 5.97. The molecule has 0 aromatic carbocycles. The highest BCUT2D eigenvalue weighted by molar-refractivity contribution is 14.1. The van der Waals surface area contributed by atoms with Gasteiger partial charge in [-0.2, -0.15) is 0 Å². The molecular formula is C15H29IO3. The fraction of sp³-hybridized carbons (Fsp3) is 0.933. The molecule has 3 unspecified atom stereocenters. The molecule has 114 valence electrons. The smallest absolute Gasteiger partial charge is 0.192 e. The molecule has 0 aromatic rings. The van der Waals surface area contributed by atoms with E-state index >= 15 is 0 Å². The Morgan fingerprint density at radius 1 is 1.16 bits per heavy atom. The maximum Gasteiger partial charge on any atom is 0.192 e. The van der Waals surface area contributed by atoms with Crippen LogP contribution in [0.4, 0.5) is 0 Å². The Hall–Kier alpha value is 0.320. The van der Waals surface area contributed by atoms with Crippen LogP contribution >= 0.6 is 22.6 Å². The normalized spacial score (nSPS) is 20.5. The van der Waals surface area contributed by atoms with Gasteiger partial charge in [-0.25, -0.2) is 0 Å². The molecule has 0 bridgehead atoms. The largest absolute Gasteiger partial charge is 0.371 e. The van der Waals surface area contributed by atoms with Crippen molar-refractivity contribution in [1.82, 2.24) is 0 Å². The van der Waals surface area contributed by atoms with Crippen molar-refractivity contribution in [1.29, 1.82) is 0 Å². The Morgan fingerprint density at radius 2 is 1.63 bits per heavy atom. The predicted molar refractivity (Wildman–Crippen MR) is 88.1 cm³/mol. The van der Waals surface area contributed by atoms with E-state index in [2.05, 4.69) is 50.3 Å². The first kappa shape index (κ1) is 19.3. The van der Waals surface area contributed by atoms with E-state index in [4.69, 9.17) is 9.47 Å². The molecule has 0 aliphatic rings. The van der Waals surface area contributed by atoms with E-state index in [0.717, 1.165) is 6.42 Å². The van der Waals surface area contributed by atoms with E-state index in [1.165, 1.54) is 0 Å². The van der Waals surface area contributed by atoms with Gasteiger partial charge in [-0.1, -0.05) is 36.4 Å². The fourth-order valence-electron chi connectivity index (χ4n) is 1.94. The van der Waals surface area contributed by atoms with Crippen LogP contribution in [0.2, 0.25) is 0 Å². The number of carbonyl (C=O) groups excluding carboxylic acids is 1. The Balaban J connectivity index is 5.05.